The van der Waals surface area contributed by atoms with Crippen LogP contribution in [-0.2, 0) is 4.79 Å². The number of halogens is 1. The van der Waals surface area contributed by atoms with Crippen LogP contribution in [0, 0.1) is 19.7 Å². The molecular formula is C25H26FN3O3. The first-order valence-electron chi connectivity index (χ1n) is 10.8. The number of hydrogen-bond acceptors (Lipinski definition) is 4. The zero-order valence-corrected chi connectivity index (χ0v) is 18.2. The molecule has 3 aromatic rings. The zero-order chi connectivity index (χ0) is 22.7. The Kier molecular flexibility index (Phi) is 6.35. The molecule has 1 atom stereocenters. The highest BCUT2D eigenvalue weighted by molar-refractivity contribution is 6.11. The summed E-state index contributed by atoms with van der Waals surface area (Å²) in [5, 5.41) is 7.02. The zero-order valence-electron chi connectivity index (χ0n) is 18.2. The molecule has 0 saturated heterocycles. The van der Waals surface area contributed by atoms with Crippen LogP contribution in [0.15, 0.2) is 59.1 Å². The maximum atomic E-state index is 13.8. The van der Waals surface area contributed by atoms with Gasteiger partial charge in [-0.05, 0) is 56.5 Å². The third kappa shape index (κ3) is 4.42. The lowest BCUT2D eigenvalue weighted by Crippen LogP contribution is -2.46. The maximum absolute atomic E-state index is 13.8. The third-order valence-electron chi connectivity index (χ3n) is 5.89. The highest BCUT2D eigenvalue weighted by Gasteiger charge is 2.36. The highest BCUT2D eigenvalue weighted by Crippen LogP contribution is 2.32. The van der Waals surface area contributed by atoms with Gasteiger partial charge in [0.25, 0.3) is 5.91 Å². The molecule has 1 fully saturated rings. The molecule has 6 nitrogen and oxygen atoms in total. The number of carbonyl (C=O) groups excluding carboxylic acids is 2. The van der Waals surface area contributed by atoms with Gasteiger partial charge in [0.05, 0.1) is 5.69 Å². The first-order valence-corrected chi connectivity index (χ1v) is 10.8. The van der Waals surface area contributed by atoms with Crippen LogP contribution in [0.25, 0.3) is 0 Å². The number of benzene rings is 2. The van der Waals surface area contributed by atoms with Gasteiger partial charge in [-0.3, -0.25) is 14.5 Å². The van der Waals surface area contributed by atoms with E-state index in [1.165, 1.54) is 17.0 Å². The van der Waals surface area contributed by atoms with Gasteiger partial charge in [-0.25, -0.2) is 4.39 Å². The van der Waals surface area contributed by atoms with Crippen LogP contribution >= 0.6 is 0 Å². The van der Waals surface area contributed by atoms with Gasteiger partial charge in [-0.1, -0.05) is 48.3 Å². The quantitative estimate of drug-likeness (QED) is 0.599. The largest absolute Gasteiger partial charge is 0.361 e. The first kappa shape index (κ1) is 21.7. The number of aromatic nitrogens is 1. The summed E-state index contributed by atoms with van der Waals surface area (Å²) in [5.41, 5.74) is 1.83. The molecular weight excluding hydrogens is 409 g/mol. The molecule has 0 radical (unpaired) electrons. The standard InChI is InChI=1S/C25H26FN3O3/c1-16-22(17(2)32-28-16)25(31)29(21-10-4-3-5-11-21)23(18-12-14-19(26)15-13-18)24(30)27-20-8-6-7-9-20/h3-5,10-15,20,23H,6-9H2,1-2H3,(H,27,30). The van der Waals surface area contributed by atoms with Gasteiger partial charge in [-0.15, -0.1) is 0 Å². The summed E-state index contributed by atoms with van der Waals surface area (Å²) in [5.74, 6) is -0.731. The Labute approximate surface area is 186 Å². The van der Waals surface area contributed by atoms with Crippen LogP contribution < -0.4 is 10.2 Å². The summed E-state index contributed by atoms with van der Waals surface area (Å²) in [6.45, 7) is 3.36. The van der Waals surface area contributed by atoms with E-state index in [4.69, 9.17) is 4.52 Å². The lowest BCUT2D eigenvalue weighted by molar-refractivity contribution is -0.123. The van der Waals surface area contributed by atoms with Crippen molar-refractivity contribution in [1.82, 2.24) is 10.5 Å². The Hall–Kier alpha value is -3.48. The van der Waals surface area contributed by atoms with E-state index in [-0.39, 0.29) is 11.9 Å². The predicted octanol–water partition coefficient (Wildman–Crippen LogP) is 4.88. The second-order valence-electron chi connectivity index (χ2n) is 8.15. The molecule has 166 valence electrons. The Bertz CT molecular complexity index is 1070. The maximum Gasteiger partial charge on any atom is 0.264 e. The van der Waals surface area contributed by atoms with Gasteiger partial charge in [0.15, 0.2) is 0 Å². The lowest BCUT2D eigenvalue weighted by Gasteiger charge is -2.32. The summed E-state index contributed by atoms with van der Waals surface area (Å²) in [7, 11) is 0. The molecule has 1 aliphatic rings. The van der Waals surface area contributed by atoms with Crippen LogP contribution in [0.5, 0.6) is 0 Å². The molecule has 0 spiro atoms. The highest BCUT2D eigenvalue weighted by atomic mass is 19.1. The molecule has 1 saturated carbocycles. The van der Waals surface area contributed by atoms with Gasteiger partial charge in [0, 0.05) is 11.7 Å². The normalized spacial score (nSPS) is 14.8. The Morgan fingerprint density at radius 2 is 1.72 bits per heavy atom. The summed E-state index contributed by atoms with van der Waals surface area (Å²) < 4.78 is 18.9. The molecule has 2 amide bonds. The SMILES string of the molecule is Cc1noc(C)c1C(=O)N(c1ccccc1)C(C(=O)NC1CCCC1)c1ccc(F)cc1. The molecule has 1 N–H and O–H groups in total. The molecule has 0 aliphatic heterocycles. The van der Waals surface area contributed by atoms with Crippen molar-refractivity contribution in [3.63, 3.8) is 0 Å². The van der Waals surface area contributed by atoms with Crippen LogP contribution in [0.3, 0.4) is 0 Å². The van der Waals surface area contributed by atoms with E-state index in [0.717, 1.165) is 25.7 Å². The average Bonchev–Trinajstić information content (AvgIpc) is 3.42. The van der Waals surface area contributed by atoms with E-state index in [0.29, 0.717) is 28.3 Å². The number of rotatable bonds is 6. The second kappa shape index (κ2) is 9.34. The Morgan fingerprint density at radius 1 is 1.06 bits per heavy atom. The van der Waals surface area contributed by atoms with Crippen molar-refractivity contribution in [2.24, 2.45) is 0 Å². The molecule has 1 aliphatic carbocycles. The van der Waals surface area contributed by atoms with Crippen molar-refractivity contribution in [3.8, 4) is 0 Å². The van der Waals surface area contributed by atoms with Crippen LogP contribution in [0.4, 0.5) is 10.1 Å². The Morgan fingerprint density at radius 3 is 2.31 bits per heavy atom. The number of hydrogen-bond donors (Lipinski definition) is 1. The number of aryl methyl sites for hydroxylation is 2. The van der Waals surface area contributed by atoms with Gasteiger partial charge in [0.1, 0.15) is 23.2 Å². The van der Waals surface area contributed by atoms with Crippen LogP contribution in [-0.4, -0.2) is 23.0 Å². The van der Waals surface area contributed by atoms with Crippen molar-refractivity contribution < 1.29 is 18.5 Å². The van der Waals surface area contributed by atoms with E-state index in [1.54, 1.807) is 50.2 Å². The number of anilines is 1. The monoisotopic (exact) mass is 435 g/mol. The number of carbonyl (C=O) groups is 2. The van der Waals surface area contributed by atoms with Crippen molar-refractivity contribution >= 4 is 17.5 Å². The lowest BCUT2D eigenvalue weighted by atomic mass is 10.0. The summed E-state index contributed by atoms with van der Waals surface area (Å²) in [6, 6.07) is 13.8. The Balaban J connectivity index is 1.82. The molecule has 32 heavy (non-hydrogen) atoms. The summed E-state index contributed by atoms with van der Waals surface area (Å²) in [4.78, 5) is 28.9. The van der Waals surface area contributed by atoms with E-state index in [1.807, 2.05) is 6.07 Å². The number of para-hydroxylation sites is 1. The number of nitrogens with one attached hydrogen (secondary N) is 1. The van der Waals surface area contributed by atoms with E-state index in [2.05, 4.69) is 10.5 Å². The molecule has 2 aromatic carbocycles. The molecule has 7 heteroatoms. The van der Waals surface area contributed by atoms with E-state index < -0.39 is 17.8 Å². The molecule has 1 heterocycles. The van der Waals surface area contributed by atoms with Crippen LogP contribution in [0.2, 0.25) is 0 Å². The summed E-state index contributed by atoms with van der Waals surface area (Å²) >= 11 is 0. The van der Waals surface area contributed by atoms with Crippen molar-refractivity contribution in [1.29, 1.82) is 0 Å². The third-order valence-corrected chi connectivity index (χ3v) is 5.89. The number of amides is 2. The second-order valence-corrected chi connectivity index (χ2v) is 8.15. The van der Waals surface area contributed by atoms with Crippen molar-refractivity contribution in [3.05, 3.63) is 83.0 Å². The molecule has 1 aromatic heterocycles. The molecule has 0 bridgehead atoms. The average molecular weight is 435 g/mol. The van der Waals surface area contributed by atoms with Gasteiger partial charge in [-0.2, -0.15) is 0 Å². The van der Waals surface area contributed by atoms with Gasteiger partial charge >= 0.3 is 0 Å². The van der Waals surface area contributed by atoms with Gasteiger partial charge in [0.2, 0.25) is 5.91 Å². The number of nitrogens with zero attached hydrogens (tertiary/aromatic N) is 2. The smallest absolute Gasteiger partial charge is 0.264 e. The minimum absolute atomic E-state index is 0.0669. The van der Waals surface area contributed by atoms with Gasteiger partial charge < -0.3 is 9.84 Å². The van der Waals surface area contributed by atoms with E-state index >= 15 is 0 Å². The fourth-order valence-electron chi connectivity index (χ4n) is 4.29. The minimum atomic E-state index is -0.986. The minimum Gasteiger partial charge on any atom is -0.361 e. The predicted molar refractivity (Wildman–Crippen MR) is 119 cm³/mol. The summed E-state index contributed by atoms with van der Waals surface area (Å²) in [6.07, 6.45) is 3.94. The topological polar surface area (TPSA) is 75.4 Å². The van der Waals surface area contributed by atoms with Crippen molar-refractivity contribution in [2.45, 2.75) is 51.6 Å². The molecule has 4 rings (SSSR count). The fraction of sp³-hybridized carbons (Fsp3) is 0.320. The fourth-order valence-corrected chi connectivity index (χ4v) is 4.29. The molecule has 1 unspecified atom stereocenters. The first-order chi connectivity index (χ1) is 15.5. The van der Waals surface area contributed by atoms with Crippen LogP contribution in [0.1, 0.15) is 59.1 Å². The van der Waals surface area contributed by atoms with Crippen molar-refractivity contribution in [2.75, 3.05) is 4.90 Å². The van der Waals surface area contributed by atoms with E-state index in [9.17, 15) is 14.0 Å².